The summed E-state index contributed by atoms with van der Waals surface area (Å²) in [5, 5.41) is 14.9. The summed E-state index contributed by atoms with van der Waals surface area (Å²) in [6.45, 7) is 4.11. The molecule has 0 bridgehead atoms. The lowest BCUT2D eigenvalue weighted by atomic mass is 10.1. The topological polar surface area (TPSA) is 84.7 Å². The van der Waals surface area contributed by atoms with Gasteiger partial charge in [0.2, 0.25) is 0 Å². The second-order valence-electron chi connectivity index (χ2n) is 6.43. The first-order chi connectivity index (χ1) is 13.4. The van der Waals surface area contributed by atoms with Crippen LogP contribution in [-0.4, -0.2) is 37.1 Å². The molecule has 148 valence electrons. The molecule has 0 aliphatic carbocycles. The number of benzene rings is 2. The number of nitro benzene ring substituents is 1. The molecular formula is C19H19Cl2N3O4. The van der Waals surface area contributed by atoms with E-state index in [2.05, 4.69) is 5.32 Å². The number of rotatable bonds is 5. The van der Waals surface area contributed by atoms with E-state index in [-0.39, 0.29) is 17.3 Å². The number of hydrogen-bond donors (Lipinski definition) is 1. The number of hydrogen-bond acceptors (Lipinski definition) is 5. The first kappa shape index (κ1) is 20.4. The molecule has 1 fully saturated rings. The SMILES string of the molecule is CC(NC(=O)c1cc([N+](=O)[O-])ccc1N1CCOCC1)c1ccc(Cl)c(Cl)c1. The van der Waals surface area contributed by atoms with Gasteiger partial charge in [0.25, 0.3) is 11.6 Å². The van der Waals surface area contributed by atoms with Gasteiger partial charge in [-0.25, -0.2) is 0 Å². The van der Waals surface area contributed by atoms with Gasteiger partial charge in [-0.15, -0.1) is 0 Å². The minimum Gasteiger partial charge on any atom is -0.378 e. The number of ether oxygens (including phenoxy) is 1. The fraction of sp³-hybridized carbons (Fsp3) is 0.316. The predicted octanol–water partition coefficient (Wildman–Crippen LogP) is 4.23. The molecule has 1 atom stereocenters. The highest BCUT2D eigenvalue weighted by Crippen LogP contribution is 2.28. The monoisotopic (exact) mass is 423 g/mol. The molecule has 0 saturated carbocycles. The highest BCUT2D eigenvalue weighted by atomic mass is 35.5. The van der Waals surface area contributed by atoms with E-state index in [0.29, 0.717) is 42.0 Å². The average Bonchev–Trinajstić information content (AvgIpc) is 2.70. The van der Waals surface area contributed by atoms with Crippen molar-refractivity contribution in [3.05, 3.63) is 67.7 Å². The van der Waals surface area contributed by atoms with Crippen molar-refractivity contribution in [1.29, 1.82) is 0 Å². The van der Waals surface area contributed by atoms with Crippen molar-refractivity contribution in [3.8, 4) is 0 Å². The zero-order valence-electron chi connectivity index (χ0n) is 15.2. The van der Waals surface area contributed by atoms with Crippen LogP contribution < -0.4 is 10.2 Å². The van der Waals surface area contributed by atoms with Gasteiger partial charge in [0.15, 0.2) is 0 Å². The Bertz CT molecular complexity index is 901. The molecule has 28 heavy (non-hydrogen) atoms. The summed E-state index contributed by atoms with van der Waals surface area (Å²) in [7, 11) is 0. The molecule has 1 amide bonds. The van der Waals surface area contributed by atoms with Crippen LogP contribution in [0.4, 0.5) is 11.4 Å². The molecule has 1 aliphatic rings. The number of nitro groups is 1. The third kappa shape index (κ3) is 4.55. The zero-order chi connectivity index (χ0) is 20.3. The molecule has 0 spiro atoms. The molecule has 1 N–H and O–H groups in total. The number of halogens is 2. The second-order valence-corrected chi connectivity index (χ2v) is 7.24. The van der Waals surface area contributed by atoms with E-state index in [4.69, 9.17) is 27.9 Å². The van der Waals surface area contributed by atoms with Gasteiger partial charge in [-0.1, -0.05) is 29.3 Å². The number of anilines is 1. The van der Waals surface area contributed by atoms with E-state index >= 15 is 0 Å². The van der Waals surface area contributed by atoms with Crippen molar-refractivity contribution in [2.75, 3.05) is 31.2 Å². The fourth-order valence-electron chi connectivity index (χ4n) is 3.04. The molecule has 1 heterocycles. The van der Waals surface area contributed by atoms with Gasteiger partial charge in [0.1, 0.15) is 0 Å². The van der Waals surface area contributed by atoms with E-state index in [9.17, 15) is 14.9 Å². The van der Waals surface area contributed by atoms with E-state index in [1.165, 1.54) is 12.1 Å². The molecule has 9 heteroatoms. The molecule has 1 unspecified atom stereocenters. The summed E-state index contributed by atoms with van der Waals surface area (Å²) >= 11 is 12.0. The smallest absolute Gasteiger partial charge is 0.270 e. The van der Waals surface area contributed by atoms with Gasteiger partial charge in [0, 0.05) is 25.2 Å². The normalized spacial score (nSPS) is 15.2. The number of carbonyl (C=O) groups is 1. The lowest BCUT2D eigenvalue weighted by molar-refractivity contribution is -0.384. The van der Waals surface area contributed by atoms with Gasteiger partial charge in [-0.05, 0) is 30.7 Å². The van der Waals surface area contributed by atoms with E-state index in [0.717, 1.165) is 5.56 Å². The van der Waals surface area contributed by atoms with Gasteiger partial charge in [-0.3, -0.25) is 14.9 Å². The van der Waals surface area contributed by atoms with Crippen LogP contribution in [0.25, 0.3) is 0 Å². The van der Waals surface area contributed by atoms with E-state index in [1.54, 1.807) is 24.3 Å². The van der Waals surface area contributed by atoms with E-state index in [1.807, 2.05) is 11.8 Å². The Kier molecular flexibility index (Phi) is 6.39. The third-order valence-electron chi connectivity index (χ3n) is 4.58. The molecule has 1 saturated heterocycles. The van der Waals surface area contributed by atoms with Crippen molar-refractivity contribution < 1.29 is 14.5 Å². The van der Waals surface area contributed by atoms with Gasteiger partial charge in [-0.2, -0.15) is 0 Å². The summed E-state index contributed by atoms with van der Waals surface area (Å²) in [5.41, 5.74) is 1.54. The molecule has 1 aliphatic heterocycles. The standard InChI is InChI=1S/C19H19Cl2N3O4/c1-12(13-2-4-16(20)17(21)10-13)22-19(25)15-11-14(24(26)27)3-5-18(15)23-6-8-28-9-7-23/h2-5,10-12H,6-9H2,1H3,(H,22,25). The summed E-state index contributed by atoms with van der Waals surface area (Å²) < 4.78 is 5.35. The number of morpholine rings is 1. The Morgan fingerprint density at radius 1 is 1.18 bits per heavy atom. The Balaban J connectivity index is 1.88. The van der Waals surface area contributed by atoms with Crippen LogP contribution in [-0.2, 0) is 4.74 Å². The van der Waals surface area contributed by atoms with Crippen LogP contribution in [0.1, 0.15) is 28.9 Å². The van der Waals surface area contributed by atoms with Crippen LogP contribution in [0.2, 0.25) is 10.0 Å². The van der Waals surface area contributed by atoms with Crippen molar-refractivity contribution >= 4 is 40.5 Å². The summed E-state index contributed by atoms with van der Waals surface area (Å²) in [5.74, 6) is -0.399. The van der Waals surface area contributed by atoms with Crippen LogP contribution in [0.3, 0.4) is 0 Å². The maximum absolute atomic E-state index is 13.0. The minimum absolute atomic E-state index is 0.135. The van der Waals surface area contributed by atoms with Crippen LogP contribution in [0.5, 0.6) is 0 Å². The molecule has 0 radical (unpaired) electrons. The number of nitrogens with zero attached hydrogens (tertiary/aromatic N) is 2. The quantitative estimate of drug-likeness (QED) is 0.574. The van der Waals surface area contributed by atoms with Crippen LogP contribution >= 0.6 is 23.2 Å². The highest BCUT2D eigenvalue weighted by Gasteiger charge is 2.23. The first-order valence-electron chi connectivity index (χ1n) is 8.74. The molecule has 3 rings (SSSR count). The Labute approximate surface area is 172 Å². The number of amides is 1. The number of carbonyl (C=O) groups excluding carboxylic acids is 1. The number of nitrogens with one attached hydrogen (secondary N) is 1. The summed E-state index contributed by atoms with van der Waals surface area (Å²) in [4.78, 5) is 25.6. The average molecular weight is 424 g/mol. The predicted molar refractivity (Wildman–Crippen MR) is 108 cm³/mol. The molecule has 0 aromatic heterocycles. The van der Waals surface area contributed by atoms with Crippen LogP contribution in [0, 0.1) is 10.1 Å². The Morgan fingerprint density at radius 2 is 1.89 bits per heavy atom. The maximum atomic E-state index is 13.0. The molecule has 7 nitrogen and oxygen atoms in total. The fourth-order valence-corrected chi connectivity index (χ4v) is 3.35. The number of non-ortho nitro benzene ring substituents is 1. The first-order valence-corrected chi connectivity index (χ1v) is 9.49. The highest BCUT2D eigenvalue weighted by molar-refractivity contribution is 6.42. The van der Waals surface area contributed by atoms with Crippen LogP contribution in [0.15, 0.2) is 36.4 Å². The third-order valence-corrected chi connectivity index (χ3v) is 5.32. The lowest BCUT2D eigenvalue weighted by Gasteiger charge is -2.30. The minimum atomic E-state index is -0.512. The van der Waals surface area contributed by atoms with E-state index < -0.39 is 10.8 Å². The van der Waals surface area contributed by atoms with Crippen molar-refractivity contribution in [2.45, 2.75) is 13.0 Å². The largest absolute Gasteiger partial charge is 0.378 e. The summed E-state index contributed by atoms with van der Waals surface area (Å²) in [6, 6.07) is 9.09. The van der Waals surface area contributed by atoms with Crippen molar-refractivity contribution in [2.24, 2.45) is 0 Å². The second kappa shape index (κ2) is 8.77. The van der Waals surface area contributed by atoms with Gasteiger partial charge >= 0.3 is 0 Å². The van der Waals surface area contributed by atoms with Gasteiger partial charge < -0.3 is 15.0 Å². The Hall–Kier alpha value is -2.35. The zero-order valence-corrected chi connectivity index (χ0v) is 16.7. The molecular weight excluding hydrogens is 405 g/mol. The Morgan fingerprint density at radius 3 is 2.54 bits per heavy atom. The lowest BCUT2D eigenvalue weighted by Crippen LogP contribution is -2.38. The van der Waals surface area contributed by atoms with Crippen molar-refractivity contribution in [1.82, 2.24) is 5.32 Å². The van der Waals surface area contributed by atoms with Crippen molar-refractivity contribution in [3.63, 3.8) is 0 Å². The summed E-state index contributed by atoms with van der Waals surface area (Å²) in [6.07, 6.45) is 0. The molecule has 2 aromatic carbocycles. The maximum Gasteiger partial charge on any atom is 0.270 e. The van der Waals surface area contributed by atoms with Gasteiger partial charge in [0.05, 0.1) is 45.5 Å². The molecule has 2 aromatic rings.